The zero-order chi connectivity index (χ0) is 19.8. The third-order valence-electron chi connectivity index (χ3n) is 4.13. The molecule has 0 unspecified atom stereocenters. The van der Waals surface area contributed by atoms with Gasteiger partial charge in [0, 0.05) is 16.8 Å². The minimum atomic E-state index is -0.0849. The molecule has 4 nitrogen and oxygen atoms in total. The highest BCUT2D eigenvalue weighted by Gasteiger charge is 2.13. The smallest absolute Gasteiger partial charge is 0.228 e. The quantitative estimate of drug-likeness (QED) is 0.348. The molecule has 4 rings (SSSR count). The second-order valence-electron chi connectivity index (χ2n) is 6.24. The van der Waals surface area contributed by atoms with Gasteiger partial charge in [-0.25, -0.2) is 4.98 Å². The SMILES string of the molecule is Cc1ccc2nc(-c3cc(N=Cc4cc(Cl)cc(Cl)c4O)ccc3Cl)oc2c1. The van der Waals surface area contributed by atoms with E-state index in [0.717, 1.165) is 11.1 Å². The first kappa shape index (κ1) is 18.8. The molecule has 28 heavy (non-hydrogen) atoms. The topological polar surface area (TPSA) is 58.6 Å². The Morgan fingerprint density at radius 1 is 1.00 bits per heavy atom. The van der Waals surface area contributed by atoms with Crippen molar-refractivity contribution in [1.82, 2.24) is 4.98 Å². The number of halogens is 3. The standard InChI is InChI=1S/C21H13Cl3N2O2/c1-11-2-5-18-19(6-11)28-21(26-18)15-9-14(3-4-16(15)23)25-10-12-7-13(22)8-17(24)20(12)27/h2-10,27H,1H3. The fourth-order valence-corrected chi connectivity index (χ4v) is 3.44. The number of aromatic hydroxyl groups is 1. The molecule has 0 fully saturated rings. The molecule has 0 amide bonds. The van der Waals surface area contributed by atoms with Crippen molar-refractivity contribution in [2.75, 3.05) is 0 Å². The lowest BCUT2D eigenvalue weighted by molar-refractivity contribution is 0.475. The average molecular weight is 432 g/mol. The van der Waals surface area contributed by atoms with Crippen LogP contribution in [0.5, 0.6) is 5.75 Å². The van der Waals surface area contributed by atoms with E-state index in [-0.39, 0.29) is 10.8 Å². The summed E-state index contributed by atoms with van der Waals surface area (Å²) >= 11 is 18.3. The van der Waals surface area contributed by atoms with Gasteiger partial charge in [0.25, 0.3) is 0 Å². The number of rotatable bonds is 3. The van der Waals surface area contributed by atoms with Crippen molar-refractivity contribution in [2.45, 2.75) is 6.92 Å². The van der Waals surface area contributed by atoms with Crippen LogP contribution in [0.1, 0.15) is 11.1 Å². The van der Waals surface area contributed by atoms with E-state index in [1.807, 2.05) is 25.1 Å². The largest absolute Gasteiger partial charge is 0.506 e. The third-order valence-corrected chi connectivity index (χ3v) is 4.97. The van der Waals surface area contributed by atoms with Gasteiger partial charge in [-0.1, -0.05) is 40.9 Å². The summed E-state index contributed by atoms with van der Waals surface area (Å²) in [5.74, 6) is 0.328. The van der Waals surface area contributed by atoms with Gasteiger partial charge in [-0.05, 0) is 55.0 Å². The Morgan fingerprint density at radius 2 is 1.82 bits per heavy atom. The van der Waals surface area contributed by atoms with Gasteiger partial charge >= 0.3 is 0 Å². The third kappa shape index (κ3) is 3.72. The number of hydrogen-bond donors (Lipinski definition) is 1. The Hall–Kier alpha value is -2.53. The van der Waals surface area contributed by atoms with Gasteiger partial charge < -0.3 is 9.52 Å². The normalized spacial score (nSPS) is 11.6. The average Bonchev–Trinajstić information content (AvgIpc) is 3.07. The van der Waals surface area contributed by atoms with Crippen molar-refractivity contribution in [3.05, 3.63) is 74.7 Å². The van der Waals surface area contributed by atoms with Crippen LogP contribution >= 0.6 is 34.8 Å². The molecule has 0 saturated heterocycles. The van der Waals surface area contributed by atoms with Gasteiger partial charge in [0.15, 0.2) is 5.58 Å². The molecular weight excluding hydrogens is 419 g/mol. The maximum absolute atomic E-state index is 10.1. The van der Waals surface area contributed by atoms with E-state index in [2.05, 4.69) is 9.98 Å². The van der Waals surface area contributed by atoms with Crippen molar-refractivity contribution in [1.29, 1.82) is 0 Å². The minimum absolute atomic E-state index is 0.0849. The highest BCUT2D eigenvalue weighted by Crippen LogP contribution is 2.34. The molecule has 7 heteroatoms. The molecule has 1 aromatic heterocycles. The zero-order valence-corrected chi connectivity index (χ0v) is 16.8. The molecule has 0 saturated carbocycles. The van der Waals surface area contributed by atoms with E-state index in [0.29, 0.717) is 38.3 Å². The first-order valence-electron chi connectivity index (χ1n) is 8.30. The Kier molecular flexibility index (Phi) is 5.02. The summed E-state index contributed by atoms with van der Waals surface area (Å²) in [7, 11) is 0. The van der Waals surface area contributed by atoms with Crippen LogP contribution in [0.3, 0.4) is 0 Å². The number of phenols is 1. The molecule has 0 spiro atoms. The van der Waals surface area contributed by atoms with Crippen LogP contribution in [-0.2, 0) is 0 Å². The summed E-state index contributed by atoms with van der Waals surface area (Å²) in [4.78, 5) is 8.89. The van der Waals surface area contributed by atoms with Crippen molar-refractivity contribution >= 4 is 57.8 Å². The number of oxazole rings is 1. The van der Waals surface area contributed by atoms with Gasteiger partial charge in [0.05, 0.1) is 21.3 Å². The van der Waals surface area contributed by atoms with Gasteiger partial charge in [0.2, 0.25) is 5.89 Å². The van der Waals surface area contributed by atoms with E-state index in [1.165, 1.54) is 12.3 Å². The Morgan fingerprint density at radius 3 is 2.64 bits per heavy atom. The molecule has 0 aliphatic heterocycles. The fraction of sp³-hybridized carbons (Fsp3) is 0.0476. The van der Waals surface area contributed by atoms with Crippen LogP contribution in [0.15, 0.2) is 57.9 Å². The molecule has 1 heterocycles. The number of nitrogens with zero attached hydrogens (tertiary/aromatic N) is 2. The highest BCUT2D eigenvalue weighted by atomic mass is 35.5. The van der Waals surface area contributed by atoms with E-state index in [9.17, 15) is 5.11 Å². The number of benzene rings is 3. The minimum Gasteiger partial charge on any atom is -0.506 e. The molecule has 0 atom stereocenters. The molecular formula is C21H13Cl3N2O2. The number of aliphatic imine (C=N–C) groups is 1. The lowest BCUT2D eigenvalue weighted by atomic mass is 10.2. The van der Waals surface area contributed by atoms with E-state index < -0.39 is 0 Å². The molecule has 1 N–H and O–H groups in total. The van der Waals surface area contributed by atoms with E-state index in [4.69, 9.17) is 39.2 Å². The summed E-state index contributed by atoms with van der Waals surface area (Å²) in [6.45, 7) is 1.99. The predicted molar refractivity (Wildman–Crippen MR) is 115 cm³/mol. The zero-order valence-electron chi connectivity index (χ0n) is 14.6. The lowest BCUT2D eigenvalue weighted by Gasteiger charge is -2.03. The van der Waals surface area contributed by atoms with Crippen molar-refractivity contribution in [3.8, 4) is 17.2 Å². The Labute approximate surface area is 176 Å². The van der Waals surface area contributed by atoms with Gasteiger partial charge in [-0.15, -0.1) is 0 Å². The van der Waals surface area contributed by atoms with Crippen molar-refractivity contribution in [3.63, 3.8) is 0 Å². The van der Waals surface area contributed by atoms with Crippen LogP contribution in [0.25, 0.3) is 22.6 Å². The molecule has 0 aliphatic carbocycles. The monoisotopic (exact) mass is 430 g/mol. The van der Waals surface area contributed by atoms with E-state index >= 15 is 0 Å². The first-order chi connectivity index (χ1) is 13.4. The van der Waals surface area contributed by atoms with Gasteiger partial charge in [0.1, 0.15) is 11.3 Å². The number of aryl methyl sites for hydroxylation is 1. The van der Waals surface area contributed by atoms with Crippen molar-refractivity contribution in [2.24, 2.45) is 4.99 Å². The fourth-order valence-electron chi connectivity index (χ4n) is 2.73. The molecule has 0 aliphatic rings. The maximum Gasteiger partial charge on any atom is 0.228 e. The predicted octanol–water partition coefficient (Wildman–Crippen LogP) is 7.22. The van der Waals surface area contributed by atoms with Crippen LogP contribution in [0, 0.1) is 6.92 Å². The molecule has 0 radical (unpaired) electrons. The summed E-state index contributed by atoms with van der Waals surface area (Å²) in [6.07, 6.45) is 1.48. The number of hydrogen-bond acceptors (Lipinski definition) is 4. The van der Waals surface area contributed by atoms with Gasteiger partial charge in [-0.3, -0.25) is 4.99 Å². The summed E-state index contributed by atoms with van der Waals surface area (Å²) < 4.78 is 5.86. The van der Waals surface area contributed by atoms with E-state index in [1.54, 1.807) is 24.3 Å². The van der Waals surface area contributed by atoms with Crippen LogP contribution in [0.2, 0.25) is 15.1 Å². The van der Waals surface area contributed by atoms with Crippen LogP contribution in [-0.4, -0.2) is 16.3 Å². The molecule has 4 aromatic rings. The van der Waals surface area contributed by atoms with Crippen molar-refractivity contribution < 1.29 is 9.52 Å². The van der Waals surface area contributed by atoms with Gasteiger partial charge in [-0.2, -0.15) is 0 Å². The Balaban J connectivity index is 1.73. The second kappa shape index (κ2) is 7.47. The second-order valence-corrected chi connectivity index (χ2v) is 7.49. The van der Waals surface area contributed by atoms with Crippen LogP contribution < -0.4 is 0 Å². The summed E-state index contributed by atoms with van der Waals surface area (Å²) in [6, 6.07) is 14.1. The molecule has 3 aromatic carbocycles. The number of aromatic nitrogens is 1. The summed E-state index contributed by atoms with van der Waals surface area (Å²) in [5.41, 5.74) is 4.17. The van der Waals surface area contributed by atoms with Crippen LogP contribution in [0.4, 0.5) is 5.69 Å². The maximum atomic E-state index is 10.1. The summed E-state index contributed by atoms with van der Waals surface area (Å²) in [5, 5.41) is 11.1. The molecule has 140 valence electrons. The first-order valence-corrected chi connectivity index (χ1v) is 9.43. The molecule has 0 bridgehead atoms. The Bertz CT molecular complexity index is 1230. The lowest BCUT2D eigenvalue weighted by Crippen LogP contribution is -1.84. The highest BCUT2D eigenvalue weighted by molar-refractivity contribution is 6.36. The number of fused-ring (bicyclic) bond motifs is 1. The number of phenolic OH excluding ortho intramolecular Hbond substituents is 1.